The van der Waals surface area contributed by atoms with Crippen molar-refractivity contribution >= 4 is 37.1 Å². The number of rotatable bonds is 5. The van der Waals surface area contributed by atoms with E-state index in [1.807, 2.05) is 0 Å². The van der Waals surface area contributed by atoms with Crippen LogP contribution in [0, 0.1) is 34.8 Å². The maximum atomic E-state index is 3.43. The summed E-state index contributed by atoms with van der Waals surface area (Å²) in [5.74, 6) is 1.01. The van der Waals surface area contributed by atoms with Crippen molar-refractivity contribution in [2.75, 3.05) is 0 Å². The zero-order valence-corrected chi connectivity index (χ0v) is 21.1. The third kappa shape index (κ3) is 7.82. The first-order valence-corrected chi connectivity index (χ1v) is 12.4. The Morgan fingerprint density at radius 3 is 1.77 bits per heavy atom. The summed E-state index contributed by atoms with van der Waals surface area (Å²) in [6, 6.07) is 0. The fraction of sp³-hybridized carbons (Fsp3) is 0.625. The molecule has 2 heteroatoms. The van der Waals surface area contributed by atoms with Crippen LogP contribution in [0.5, 0.6) is 0 Å². The van der Waals surface area contributed by atoms with Gasteiger partial charge in [-0.15, -0.1) is 5.67 Å². The molecule has 140 valence electrons. The summed E-state index contributed by atoms with van der Waals surface area (Å²) >= 11 is 0. The summed E-state index contributed by atoms with van der Waals surface area (Å²) in [6.45, 7) is 20.5. The van der Waals surface area contributed by atoms with E-state index in [9.17, 15) is 0 Å². The second kappa shape index (κ2) is 11.0. The van der Waals surface area contributed by atoms with Gasteiger partial charge in [-0.2, -0.15) is 23.3 Å². The average molecular weight is 379 g/mol. The maximum absolute atomic E-state index is 3.43. The standard InChI is InChI=1S/C13H21Si.C11H17.Mg/c1-6-13(2,3)12-8-7-11(9-12)10-14(4)5;1-5-11(3,4)10-7-6-9(2)8-10;/h8-11H,6H2,1-5H3;7-9H,5H2,1-4H3;/q2*-1;+2. The fourth-order valence-corrected chi connectivity index (χ4v) is 3.68. The second-order valence-electron chi connectivity index (χ2n) is 8.90. The van der Waals surface area contributed by atoms with Crippen molar-refractivity contribution in [3.05, 3.63) is 47.6 Å². The Hall–Kier alpha value is -0.187. The molecule has 2 aliphatic carbocycles. The Labute approximate surface area is 181 Å². The van der Waals surface area contributed by atoms with E-state index in [1.54, 1.807) is 0 Å². The molecule has 0 aromatic carbocycles. The van der Waals surface area contributed by atoms with Gasteiger partial charge in [-0.05, 0) is 8.41 Å². The quantitative estimate of drug-likeness (QED) is 0.380. The molecule has 2 rings (SSSR count). The zero-order valence-electron chi connectivity index (χ0n) is 18.7. The first kappa shape index (κ1) is 25.8. The number of hydrogen-bond acceptors (Lipinski definition) is 0. The van der Waals surface area contributed by atoms with E-state index >= 15 is 0 Å². The molecule has 2 atom stereocenters. The van der Waals surface area contributed by atoms with E-state index in [4.69, 9.17) is 0 Å². The Balaban J connectivity index is 0.000000475. The van der Waals surface area contributed by atoms with E-state index in [2.05, 4.69) is 104 Å². The molecule has 0 spiro atoms. The summed E-state index contributed by atoms with van der Waals surface area (Å²) < 4.78 is 0. The van der Waals surface area contributed by atoms with Crippen LogP contribution in [0.2, 0.25) is 13.1 Å². The van der Waals surface area contributed by atoms with Crippen LogP contribution in [-0.2, 0) is 0 Å². The predicted molar refractivity (Wildman–Crippen MR) is 122 cm³/mol. The summed E-state index contributed by atoms with van der Waals surface area (Å²) in [4.78, 5) is 0. The number of allylic oxidation sites excluding steroid dienone is 8. The topological polar surface area (TPSA) is 0 Å². The Bertz CT molecular complexity index is 596. The molecule has 0 heterocycles. The molecule has 0 radical (unpaired) electrons. The molecule has 0 fully saturated rings. The SMILES string of the molecule is CCC(C)(C)C1=CC(C)[C-]=C1.CCC(C)(C)C1=CC(C=[Si](C)C)[C-]=C1.[Mg+2]. The largest absolute Gasteiger partial charge is 2.00 e. The van der Waals surface area contributed by atoms with Crippen LogP contribution < -0.4 is 0 Å². The maximum Gasteiger partial charge on any atom is 2.00 e. The Morgan fingerprint density at radius 1 is 0.923 bits per heavy atom. The van der Waals surface area contributed by atoms with Crippen LogP contribution in [0.25, 0.3) is 0 Å². The van der Waals surface area contributed by atoms with Gasteiger partial charge in [0, 0.05) is 0 Å². The summed E-state index contributed by atoms with van der Waals surface area (Å²) in [7, 11) is -0.244. The number of hydrogen-bond donors (Lipinski definition) is 0. The van der Waals surface area contributed by atoms with Crippen LogP contribution in [-0.4, -0.2) is 37.1 Å². The molecule has 0 nitrogen and oxygen atoms in total. The van der Waals surface area contributed by atoms with Crippen molar-refractivity contribution < 1.29 is 0 Å². The van der Waals surface area contributed by atoms with E-state index < -0.39 is 0 Å². The normalized spacial score (nSPS) is 21.4. The van der Waals surface area contributed by atoms with Gasteiger partial charge in [-0.25, -0.2) is 12.2 Å². The molecule has 0 aromatic heterocycles. The minimum Gasteiger partial charge on any atom is -0.270 e. The molecule has 2 unspecified atom stereocenters. The summed E-state index contributed by atoms with van der Waals surface area (Å²) in [6.07, 6.45) is 18.1. The van der Waals surface area contributed by atoms with Gasteiger partial charge in [0.15, 0.2) is 0 Å². The first-order valence-electron chi connectivity index (χ1n) is 9.80. The van der Waals surface area contributed by atoms with Gasteiger partial charge in [-0.1, -0.05) is 97.1 Å². The minimum atomic E-state index is -0.244. The van der Waals surface area contributed by atoms with Gasteiger partial charge >= 0.3 is 23.1 Å². The molecule has 0 saturated heterocycles. The third-order valence-corrected chi connectivity index (χ3v) is 6.59. The van der Waals surface area contributed by atoms with Crippen LogP contribution in [0.3, 0.4) is 0 Å². The van der Waals surface area contributed by atoms with Gasteiger partial charge in [0.2, 0.25) is 0 Å². The van der Waals surface area contributed by atoms with E-state index in [0.717, 1.165) is 0 Å². The van der Waals surface area contributed by atoms with Gasteiger partial charge in [0.05, 0.1) is 0 Å². The molecule has 2 aliphatic rings. The van der Waals surface area contributed by atoms with Crippen LogP contribution in [0.1, 0.15) is 61.3 Å². The second-order valence-corrected chi connectivity index (χ2v) is 11.4. The van der Waals surface area contributed by atoms with Crippen molar-refractivity contribution in [1.82, 2.24) is 0 Å². The van der Waals surface area contributed by atoms with Crippen LogP contribution in [0.4, 0.5) is 0 Å². The van der Waals surface area contributed by atoms with E-state index in [-0.39, 0.29) is 31.5 Å². The van der Waals surface area contributed by atoms with Crippen LogP contribution in [0.15, 0.2) is 35.5 Å². The Kier molecular flexibility index (Phi) is 10.9. The van der Waals surface area contributed by atoms with Gasteiger partial charge < -0.3 is 0 Å². The summed E-state index contributed by atoms with van der Waals surface area (Å²) in [5.41, 5.74) is 6.03. The molecule has 0 bridgehead atoms. The third-order valence-electron chi connectivity index (χ3n) is 5.57. The molecule has 0 amide bonds. The Morgan fingerprint density at radius 2 is 1.38 bits per heavy atom. The van der Waals surface area contributed by atoms with Crippen molar-refractivity contribution in [2.24, 2.45) is 22.7 Å². The molecule has 0 aliphatic heterocycles. The minimum absolute atomic E-state index is 0. The molecule has 0 N–H and O–H groups in total. The molecule has 0 aromatic rings. The van der Waals surface area contributed by atoms with Gasteiger partial charge in [-0.3, -0.25) is 12.2 Å². The van der Waals surface area contributed by atoms with Crippen molar-refractivity contribution in [3.8, 4) is 0 Å². The molecular formula is C24H38MgSi. The van der Waals surface area contributed by atoms with Crippen molar-refractivity contribution in [3.63, 3.8) is 0 Å². The van der Waals surface area contributed by atoms with E-state index in [1.165, 1.54) is 24.0 Å². The van der Waals surface area contributed by atoms with Crippen molar-refractivity contribution in [2.45, 2.75) is 74.4 Å². The average Bonchev–Trinajstić information content (AvgIpc) is 3.17. The van der Waals surface area contributed by atoms with E-state index in [0.29, 0.717) is 22.7 Å². The fourth-order valence-electron chi connectivity index (χ4n) is 2.77. The van der Waals surface area contributed by atoms with Gasteiger partial charge in [0.1, 0.15) is 0 Å². The summed E-state index contributed by atoms with van der Waals surface area (Å²) in [5, 5.41) is 0. The van der Waals surface area contributed by atoms with Crippen molar-refractivity contribution in [1.29, 1.82) is 0 Å². The van der Waals surface area contributed by atoms with Crippen LogP contribution >= 0.6 is 0 Å². The molecule has 26 heavy (non-hydrogen) atoms. The first-order chi connectivity index (χ1) is 11.5. The molecular weight excluding hydrogens is 341 g/mol. The smallest absolute Gasteiger partial charge is 0.270 e. The zero-order chi connectivity index (χ0) is 19.3. The van der Waals surface area contributed by atoms with Gasteiger partial charge in [0.25, 0.3) is 0 Å². The molecule has 0 saturated carbocycles. The predicted octanol–water partition coefficient (Wildman–Crippen LogP) is 6.45. The monoisotopic (exact) mass is 378 g/mol.